The van der Waals surface area contributed by atoms with Gasteiger partial charge in [0.05, 0.1) is 17.9 Å². The van der Waals surface area contributed by atoms with Crippen LogP contribution in [0, 0.1) is 0 Å². The van der Waals surface area contributed by atoms with Crippen LogP contribution in [0.3, 0.4) is 0 Å². The molecule has 0 aliphatic carbocycles. The molecule has 1 aliphatic rings. The van der Waals surface area contributed by atoms with Crippen LogP contribution in [0.2, 0.25) is 0 Å². The van der Waals surface area contributed by atoms with Gasteiger partial charge in [-0.05, 0) is 18.1 Å². The highest BCUT2D eigenvalue weighted by Crippen LogP contribution is 2.39. The van der Waals surface area contributed by atoms with Crippen LogP contribution >= 0.6 is 11.3 Å². The molecule has 1 N–H and O–H groups in total. The highest BCUT2D eigenvalue weighted by Gasteiger charge is 2.32. The van der Waals surface area contributed by atoms with Crippen molar-refractivity contribution in [3.8, 4) is 0 Å². The molecule has 0 bridgehead atoms. The Balaban J connectivity index is 1.89. The molecule has 0 aromatic carbocycles. The lowest BCUT2D eigenvalue weighted by Crippen LogP contribution is -2.29. The molecule has 3 rings (SSSR count). The van der Waals surface area contributed by atoms with Gasteiger partial charge < -0.3 is 15.0 Å². The summed E-state index contributed by atoms with van der Waals surface area (Å²) < 4.78 is 4.99. The van der Waals surface area contributed by atoms with Crippen LogP contribution < -0.4 is 5.32 Å². The number of thiophene rings is 1. The Morgan fingerprint density at radius 3 is 3.08 bits per heavy atom. The van der Waals surface area contributed by atoms with Crippen molar-refractivity contribution in [1.82, 2.24) is 15.2 Å². The van der Waals surface area contributed by atoms with Gasteiger partial charge in [-0.1, -0.05) is 6.07 Å². The van der Waals surface area contributed by atoms with Crippen LogP contribution in [0.1, 0.15) is 34.0 Å². The van der Waals surface area contributed by atoms with Crippen molar-refractivity contribution in [2.45, 2.75) is 18.8 Å². The van der Waals surface area contributed by atoms with E-state index in [9.17, 15) is 9.59 Å². The first-order valence-corrected chi connectivity index (χ1v) is 8.83. The predicted octanol–water partition coefficient (Wildman–Crippen LogP) is 2.01. The topological polar surface area (TPSA) is 71.5 Å². The standard InChI is InChI=1S/C17H21N3O3S/c1-18-16(22)15-14(12-4-3-7-19-17(12)24-15)11-5-8-20(10-11)13(21)6-9-23-2/h3-4,7,11H,5-6,8-10H2,1-2H3,(H,18,22). The van der Waals surface area contributed by atoms with Crippen LogP contribution in [0.25, 0.3) is 10.2 Å². The van der Waals surface area contributed by atoms with Crippen LogP contribution in [0.15, 0.2) is 18.3 Å². The van der Waals surface area contributed by atoms with Gasteiger partial charge in [0.25, 0.3) is 5.91 Å². The van der Waals surface area contributed by atoms with E-state index in [2.05, 4.69) is 10.3 Å². The number of hydrogen-bond acceptors (Lipinski definition) is 5. The normalized spacial score (nSPS) is 17.4. The number of pyridine rings is 1. The van der Waals surface area contributed by atoms with E-state index in [-0.39, 0.29) is 17.7 Å². The zero-order valence-corrected chi connectivity index (χ0v) is 14.7. The number of fused-ring (bicyclic) bond motifs is 1. The number of ether oxygens (including phenoxy) is 1. The van der Waals surface area contributed by atoms with Crippen molar-refractivity contribution in [3.05, 3.63) is 28.8 Å². The summed E-state index contributed by atoms with van der Waals surface area (Å²) in [5, 5.41) is 3.74. The van der Waals surface area contributed by atoms with Crippen molar-refractivity contribution < 1.29 is 14.3 Å². The number of methoxy groups -OCH3 is 1. The highest BCUT2D eigenvalue weighted by molar-refractivity contribution is 7.20. The van der Waals surface area contributed by atoms with E-state index in [1.54, 1.807) is 20.4 Å². The third kappa shape index (κ3) is 3.14. The molecule has 1 saturated heterocycles. The van der Waals surface area contributed by atoms with E-state index < -0.39 is 0 Å². The molecular weight excluding hydrogens is 326 g/mol. The van der Waals surface area contributed by atoms with Crippen molar-refractivity contribution in [3.63, 3.8) is 0 Å². The van der Waals surface area contributed by atoms with E-state index in [0.717, 1.165) is 28.7 Å². The molecule has 2 amide bonds. The van der Waals surface area contributed by atoms with Crippen molar-refractivity contribution >= 4 is 33.4 Å². The Morgan fingerprint density at radius 1 is 1.50 bits per heavy atom. The average Bonchev–Trinajstić information content (AvgIpc) is 3.23. The number of amides is 2. The minimum Gasteiger partial charge on any atom is -0.384 e. The zero-order valence-electron chi connectivity index (χ0n) is 13.9. The molecule has 1 atom stereocenters. The SMILES string of the molecule is CNC(=O)c1sc2ncccc2c1C1CCN(C(=O)CCOC)C1. The largest absolute Gasteiger partial charge is 0.384 e. The summed E-state index contributed by atoms with van der Waals surface area (Å²) in [4.78, 5) is 32.3. The van der Waals surface area contributed by atoms with Crippen molar-refractivity contribution in [2.24, 2.45) is 0 Å². The Bertz CT molecular complexity index is 759. The number of nitrogens with one attached hydrogen (secondary N) is 1. The number of carbonyl (C=O) groups excluding carboxylic acids is 2. The quantitative estimate of drug-likeness (QED) is 0.898. The number of carbonyl (C=O) groups is 2. The van der Waals surface area contributed by atoms with Gasteiger partial charge >= 0.3 is 0 Å². The minimum atomic E-state index is -0.0860. The molecule has 3 heterocycles. The summed E-state index contributed by atoms with van der Waals surface area (Å²) in [5.74, 6) is 0.192. The fourth-order valence-corrected chi connectivity index (χ4v) is 4.38. The van der Waals surface area contributed by atoms with E-state index in [1.807, 2.05) is 17.0 Å². The first-order chi connectivity index (χ1) is 11.7. The summed E-state index contributed by atoms with van der Waals surface area (Å²) >= 11 is 1.42. The van der Waals surface area contributed by atoms with E-state index >= 15 is 0 Å². The second-order valence-electron chi connectivity index (χ2n) is 5.85. The molecule has 1 unspecified atom stereocenters. The van der Waals surface area contributed by atoms with Crippen LogP contribution in [-0.4, -0.2) is 55.6 Å². The number of nitrogens with zero attached hydrogens (tertiary/aromatic N) is 2. The minimum absolute atomic E-state index is 0.0860. The molecule has 128 valence electrons. The molecule has 2 aromatic rings. The maximum Gasteiger partial charge on any atom is 0.261 e. The Morgan fingerprint density at radius 2 is 2.33 bits per heavy atom. The molecule has 0 radical (unpaired) electrons. The molecule has 0 saturated carbocycles. The monoisotopic (exact) mass is 347 g/mol. The lowest BCUT2D eigenvalue weighted by Gasteiger charge is -2.17. The van der Waals surface area contributed by atoms with Gasteiger partial charge in [0.2, 0.25) is 5.91 Å². The molecule has 2 aromatic heterocycles. The number of likely N-dealkylation sites (tertiary alicyclic amines) is 1. The summed E-state index contributed by atoms with van der Waals surface area (Å²) in [7, 11) is 3.24. The van der Waals surface area contributed by atoms with Gasteiger partial charge in [0.15, 0.2) is 0 Å². The van der Waals surface area contributed by atoms with Gasteiger partial charge in [-0.3, -0.25) is 9.59 Å². The fraction of sp³-hybridized carbons (Fsp3) is 0.471. The molecular formula is C17H21N3O3S. The molecule has 1 fully saturated rings. The Labute approximate surface area is 144 Å². The van der Waals surface area contributed by atoms with Crippen LogP contribution in [0.5, 0.6) is 0 Å². The lowest BCUT2D eigenvalue weighted by molar-refractivity contribution is -0.131. The van der Waals surface area contributed by atoms with E-state index in [0.29, 0.717) is 24.4 Å². The Hall–Kier alpha value is -1.99. The van der Waals surface area contributed by atoms with Crippen molar-refractivity contribution in [1.29, 1.82) is 0 Å². The molecule has 1 aliphatic heterocycles. The number of aromatic nitrogens is 1. The molecule has 24 heavy (non-hydrogen) atoms. The summed E-state index contributed by atoms with van der Waals surface area (Å²) in [6, 6.07) is 3.90. The van der Waals surface area contributed by atoms with E-state index in [4.69, 9.17) is 4.74 Å². The van der Waals surface area contributed by atoms with Crippen LogP contribution in [0.4, 0.5) is 0 Å². The molecule has 0 spiro atoms. The molecule has 6 nitrogen and oxygen atoms in total. The van der Waals surface area contributed by atoms with Gasteiger partial charge in [-0.2, -0.15) is 0 Å². The third-order valence-electron chi connectivity index (χ3n) is 4.41. The lowest BCUT2D eigenvalue weighted by atomic mass is 9.95. The Kier molecular flexibility index (Phi) is 5.11. The third-order valence-corrected chi connectivity index (χ3v) is 5.54. The van der Waals surface area contributed by atoms with Gasteiger partial charge in [0, 0.05) is 44.7 Å². The number of hydrogen-bond donors (Lipinski definition) is 1. The second-order valence-corrected chi connectivity index (χ2v) is 6.85. The predicted molar refractivity (Wildman–Crippen MR) is 93.4 cm³/mol. The zero-order chi connectivity index (χ0) is 17.1. The maximum atomic E-state index is 12.3. The average molecular weight is 347 g/mol. The first-order valence-electron chi connectivity index (χ1n) is 8.02. The van der Waals surface area contributed by atoms with Gasteiger partial charge in [-0.25, -0.2) is 4.98 Å². The number of rotatable bonds is 5. The highest BCUT2D eigenvalue weighted by atomic mass is 32.1. The fourth-order valence-electron chi connectivity index (χ4n) is 3.21. The van der Waals surface area contributed by atoms with Crippen molar-refractivity contribution in [2.75, 3.05) is 33.9 Å². The van der Waals surface area contributed by atoms with Gasteiger partial charge in [0.1, 0.15) is 4.83 Å². The van der Waals surface area contributed by atoms with Crippen LogP contribution in [-0.2, 0) is 9.53 Å². The smallest absolute Gasteiger partial charge is 0.261 e. The van der Waals surface area contributed by atoms with E-state index in [1.165, 1.54) is 11.3 Å². The maximum absolute atomic E-state index is 12.3. The first kappa shape index (κ1) is 16.9. The summed E-state index contributed by atoms with van der Waals surface area (Å²) in [6.45, 7) is 1.81. The van der Waals surface area contributed by atoms with Gasteiger partial charge in [-0.15, -0.1) is 11.3 Å². The second kappa shape index (κ2) is 7.27. The molecule has 7 heteroatoms. The summed E-state index contributed by atoms with van der Waals surface area (Å²) in [6.07, 6.45) is 3.01. The summed E-state index contributed by atoms with van der Waals surface area (Å²) in [5.41, 5.74) is 1.03.